The molecule has 0 atom stereocenters. The quantitative estimate of drug-likeness (QED) is 0.304. The lowest BCUT2D eigenvalue weighted by atomic mass is 9.99. The fourth-order valence-electron chi connectivity index (χ4n) is 3.61. The first kappa shape index (κ1) is 25.2. The van der Waals surface area contributed by atoms with E-state index >= 15 is 0 Å². The standard InChI is InChI=1S/C23H31FN4O2.HI/c1-4-25-23(27-15-17-6-5-7-20(24)12-17)26-9-11-28-10-8-18-13-21(29-2)22(30-3)14-19(18)16-28;/h5-7,12-14H,4,8-11,15-16H2,1-3H3,(H2,25,26,27);1H. The van der Waals surface area contributed by atoms with Crippen LogP contribution in [0.4, 0.5) is 4.39 Å². The molecule has 1 aliphatic rings. The molecule has 0 radical (unpaired) electrons. The molecular weight excluding hydrogens is 510 g/mol. The first-order chi connectivity index (χ1) is 14.6. The third-order valence-electron chi connectivity index (χ3n) is 5.17. The number of hydrogen-bond donors (Lipinski definition) is 2. The summed E-state index contributed by atoms with van der Waals surface area (Å²) < 4.78 is 24.2. The topological polar surface area (TPSA) is 58.1 Å². The van der Waals surface area contributed by atoms with Gasteiger partial charge < -0.3 is 20.1 Å². The first-order valence-corrected chi connectivity index (χ1v) is 10.4. The van der Waals surface area contributed by atoms with Gasteiger partial charge in [0.25, 0.3) is 0 Å². The van der Waals surface area contributed by atoms with Gasteiger partial charge in [-0.1, -0.05) is 12.1 Å². The van der Waals surface area contributed by atoms with Gasteiger partial charge in [-0.2, -0.15) is 0 Å². The maximum absolute atomic E-state index is 13.3. The third-order valence-corrected chi connectivity index (χ3v) is 5.17. The Morgan fingerprint density at radius 1 is 1.10 bits per heavy atom. The second kappa shape index (κ2) is 12.7. The van der Waals surface area contributed by atoms with Crippen LogP contribution in [0.1, 0.15) is 23.6 Å². The summed E-state index contributed by atoms with van der Waals surface area (Å²) in [5.74, 6) is 2.07. The second-order valence-corrected chi connectivity index (χ2v) is 7.25. The van der Waals surface area contributed by atoms with Gasteiger partial charge in [0.1, 0.15) is 5.82 Å². The zero-order valence-electron chi connectivity index (χ0n) is 18.4. The van der Waals surface area contributed by atoms with Crippen LogP contribution >= 0.6 is 24.0 Å². The number of halogens is 2. The van der Waals surface area contributed by atoms with Gasteiger partial charge in [-0.15, -0.1) is 24.0 Å². The molecule has 0 spiro atoms. The third kappa shape index (κ3) is 7.24. The molecule has 6 nitrogen and oxygen atoms in total. The lowest BCUT2D eigenvalue weighted by Crippen LogP contribution is -2.42. The zero-order chi connectivity index (χ0) is 21.3. The van der Waals surface area contributed by atoms with Crippen LogP contribution in [0, 0.1) is 5.82 Å². The lowest BCUT2D eigenvalue weighted by Gasteiger charge is -2.29. The van der Waals surface area contributed by atoms with Crippen LogP contribution in [0.25, 0.3) is 0 Å². The van der Waals surface area contributed by atoms with Gasteiger partial charge in [0, 0.05) is 32.7 Å². The summed E-state index contributed by atoms with van der Waals surface area (Å²) in [5, 5.41) is 6.62. The van der Waals surface area contributed by atoms with E-state index in [-0.39, 0.29) is 29.8 Å². The predicted octanol–water partition coefficient (Wildman–Crippen LogP) is 3.57. The van der Waals surface area contributed by atoms with Crippen molar-refractivity contribution in [3.63, 3.8) is 0 Å². The summed E-state index contributed by atoms with van der Waals surface area (Å²) in [7, 11) is 3.34. The van der Waals surface area contributed by atoms with Crippen molar-refractivity contribution in [2.75, 3.05) is 40.4 Å². The van der Waals surface area contributed by atoms with Gasteiger partial charge in [0.15, 0.2) is 17.5 Å². The molecule has 2 N–H and O–H groups in total. The summed E-state index contributed by atoms with van der Waals surface area (Å²) in [6, 6.07) is 10.7. The van der Waals surface area contributed by atoms with Crippen molar-refractivity contribution in [2.24, 2.45) is 4.99 Å². The molecule has 3 rings (SSSR count). The minimum Gasteiger partial charge on any atom is -0.493 e. The highest BCUT2D eigenvalue weighted by atomic mass is 127. The van der Waals surface area contributed by atoms with Crippen molar-refractivity contribution in [2.45, 2.75) is 26.4 Å². The minimum absolute atomic E-state index is 0. The van der Waals surface area contributed by atoms with Crippen LogP contribution < -0.4 is 20.1 Å². The Labute approximate surface area is 201 Å². The minimum atomic E-state index is -0.236. The van der Waals surface area contributed by atoms with Crippen LogP contribution in [0.2, 0.25) is 0 Å². The average molecular weight is 542 g/mol. The molecule has 0 fully saturated rings. The molecule has 170 valence electrons. The molecule has 8 heteroatoms. The molecule has 1 heterocycles. The van der Waals surface area contributed by atoms with Crippen molar-refractivity contribution in [3.8, 4) is 11.5 Å². The molecule has 2 aromatic carbocycles. The fraction of sp³-hybridized carbons (Fsp3) is 0.435. The molecule has 0 saturated carbocycles. The molecule has 1 aliphatic heterocycles. The van der Waals surface area contributed by atoms with Crippen LogP contribution in [0.5, 0.6) is 11.5 Å². The Kier molecular flexibility index (Phi) is 10.3. The molecule has 0 aliphatic carbocycles. The number of methoxy groups -OCH3 is 2. The van der Waals surface area contributed by atoms with Gasteiger partial charge in [-0.3, -0.25) is 4.90 Å². The van der Waals surface area contributed by atoms with Crippen LogP contribution in [0.15, 0.2) is 41.4 Å². The molecule has 31 heavy (non-hydrogen) atoms. The number of benzene rings is 2. The van der Waals surface area contributed by atoms with E-state index in [9.17, 15) is 4.39 Å². The van der Waals surface area contributed by atoms with Gasteiger partial charge >= 0.3 is 0 Å². The fourth-order valence-corrected chi connectivity index (χ4v) is 3.61. The summed E-state index contributed by atoms with van der Waals surface area (Å²) in [6.07, 6.45) is 0.989. The summed E-state index contributed by atoms with van der Waals surface area (Å²) in [6.45, 7) is 6.80. The Hall–Kier alpha value is -2.07. The second-order valence-electron chi connectivity index (χ2n) is 7.25. The predicted molar refractivity (Wildman–Crippen MR) is 133 cm³/mol. The first-order valence-electron chi connectivity index (χ1n) is 10.4. The van der Waals surface area contributed by atoms with Gasteiger partial charge in [-0.05, 0) is 54.3 Å². The molecule has 0 bridgehead atoms. The number of nitrogens with one attached hydrogen (secondary N) is 2. The molecule has 0 aromatic heterocycles. The van der Waals surface area contributed by atoms with E-state index < -0.39 is 0 Å². The SMILES string of the molecule is CCNC(=NCc1cccc(F)c1)NCCN1CCc2cc(OC)c(OC)cc2C1.I. The van der Waals surface area contributed by atoms with E-state index in [1.165, 1.54) is 23.3 Å². The van der Waals surface area contributed by atoms with E-state index in [0.29, 0.717) is 6.54 Å². The Balaban J connectivity index is 0.00000341. The molecule has 0 unspecified atom stereocenters. The highest BCUT2D eigenvalue weighted by Crippen LogP contribution is 2.33. The van der Waals surface area contributed by atoms with Crippen LogP contribution in [0.3, 0.4) is 0 Å². The number of hydrogen-bond acceptors (Lipinski definition) is 4. The Bertz CT molecular complexity index is 879. The van der Waals surface area contributed by atoms with E-state index in [4.69, 9.17) is 9.47 Å². The molecule has 0 saturated heterocycles. The zero-order valence-corrected chi connectivity index (χ0v) is 20.7. The highest BCUT2D eigenvalue weighted by molar-refractivity contribution is 14.0. The van der Waals surface area contributed by atoms with Crippen LogP contribution in [-0.4, -0.2) is 51.3 Å². The smallest absolute Gasteiger partial charge is 0.191 e. The summed E-state index contributed by atoms with van der Waals surface area (Å²) >= 11 is 0. The van der Waals surface area contributed by atoms with E-state index in [1.807, 2.05) is 13.0 Å². The molecule has 0 amide bonds. The summed E-state index contributed by atoms with van der Waals surface area (Å²) in [4.78, 5) is 6.98. The highest BCUT2D eigenvalue weighted by Gasteiger charge is 2.19. The lowest BCUT2D eigenvalue weighted by molar-refractivity contribution is 0.256. The Morgan fingerprint density at radius 2 is 1.84 bits per heavy atom. The van der Waals surface area contributed by atoms with E-state index in [0.717, 1.165) is 62.2 Å². The summed E-state index contributed by atoms with van der Waals surface area (Å²) in [5.41, 5.74) is 3.46. The van der Waals surface area contributed by atoms with Gasteiger partial charge in [-0.25, -0.2) is 9.38 Å². The number of ether oxygens (including phenoxy) is 2. The Morgan fingerprint density at radius 3 is 2.52 bits per heavy atom. The molecule has 2 aromatic rings. The monoisotopic (exact) mass is 542 g/mol. The number of aliphatic imine (C=N–C) groups is 1. The average Bonchev–Trinajstić information content (AvgIpc) is 2.76. The van der Waals surface area contributed by atoms with E-state index in [1.54, 1.807) is 20.3 Å². The van der Waals surface area contributed by atoms with Crippen molar-refractivity contribution in [1.29, 1.82) is 0 Å². The van der Waals surface area contributed by atoms with Crippen molar-refractivity contribution in [3.05, 3.63) is 58.9 Å². The normalized spacial score (nSPS) is 13.7. The largest absolute Gasteiger partial charge is 0.493 e. The van der Waals surface area contributed by atoms with E-state index in [2.05, 4.69) is 32.7 Å². The number of rotatable bonds is 8. The van der Waals surface area contributed by atoms with Crippen LogP contribution in [-0.2, 0) is 19.5 Å². The number of nitrogens with zero attached hydrogens (tertiary/aromatic N) is 2. The van der Waals surface area contributed by atoms with Gasteiger partial charge in [0.05, 0.1) is 20.8 Å². The maximum Gasteiger partial charge on any atom is 0.191 e. The van der Waals surface area contributed by atoms with Crippen molar-refractivity contribution in [1.82, 2.24) is 15.5 Å². The van der Waals surface area contributed by atoms with Crippen molar-refractivity contribution < 1.29 is 13.9 Å². The number of guanidine groups is 1. The molecular formula is C23H32FIN4O2. The number of fused-ring (bicyclic) bond motifs is 1. The maximum atomic E-state index is 13.3. The van der Waals surface area contributed by atoms with Gasteiger partial charge in [0.2, 0.25) is 0 Å². The van der Waals surface area contributed by atoms with Crippen molar-refractivity contribution >= 4 is 29.9 Å².